The van der Waals surface area contributed by atoms with Crippen molar-refractivity contribution < 1.29 is 14.6 Å². The molecule has 0 amide bonds. The first kappa shape index (κ1) is 23.0. The highest BCUT2D eigenvalue weighted by molar-refractivity contribution is 6.37. The summed E-state index contributed by atoms with van der Waals surface area (Å²) in [6, 6.07) is 11.8. The SMILES string of the molecule is CCC(c1ccc2ccc(O[C@H]3CC[C@@H](C)CC3)c(Cl)c2c1)N1C2CCC1CC(C(=O)O)C2. The van der Waals surface area contributed by atoms with Crippen molar-refractivity contribution in [1.29, 1.82) is 0 Å². The first-order chi connectivity index (χ1) is 15.9. The number of ether oxygens (including phenoxy) is 1. The Kier molecular flexibility index (Phi) is 6.59. The highest BCUT2D eigenvalue weighted by Crippen LogP contribution is 2.45. The summed E-state index contributed by atoms with van der Waals surface area (Å²) in [5.74, 6) is 0.777. The van der Waals surface area contributed by atoms with Crippen molar-refractivity contribution in [3.63, 3.8) is 0 Å². The number of piperidine rings is 1. The van der Waals surface area contributed by atoms with E-state index >= 15 is 0 Å². The van der Waals surface area contributed by atoms with Crippen LogP contribution in [0, 0.1) is 11.8 Å². The van der Waals surface area contributed by atoms with Crippen molar-refractivity contribution in [2.45, 2.75) is 95.9 Å². The van der Waals surface area contributed by atoms with Crippen molar-refractivity contribution in [3.8, 4) is 5.75 Å². The van der Waals surface area contributed by atoms with Gasteiger partial charge < -0.3 is 9.84 Å². The summed E-state index contributed by atoms with van der Waals surface area (Å²) in [7, 11) is 0. The van der Waals surface area contributed by atoms with Gasteiger partial charge in [-0.25, -0.2) is 0 Å². The minimum Gasteiger partial charge on any atom is -0.489 e. The first-order valence-electron chi connectivity index (χ1n) is 12.8. The molecule has 3 atom stereocenters. The summed E-state index contributed by atoms with van der Waals surface area (Å²) >= 11 is 6.91. The molecular weight excluding hydrogens is 434 g/mol. The monoisotopic (exact) mass is 469 g/mol. The molecule has 33 heavy (non-hydrogen) atoms. The van der Waals surface area contributed by atoms with Crippen LogP contribution in [0.3, 0.4) is 0 Å². The molecule has 1 saturated carbocycles. The third kappa shape index (κ3) is 4.49. The van der Waals surface area contributed by atoms with Crippen LogP contribution in [0.15, 0.2) is 30.3 Å². The number of aliphatic carboxylic acids is 1. The molecule has 2 aliphatic heterocycles. The lowest BCUT2D eigenvalue weighted by Gasteiger charge is -2.42. The summed E-state index contributed by atoms with van der Waals surface area (Å²) in [6.07, 6.45) is 9.67. The van der Waals surface area contributed by atoms with Crippen molar-refractivity contribution in [3.05, 3.63) is 40.9 Å². The summed E-state index contributed by atoms with van der Waals surface area (Å²) in [5, 5.41) is 12.5. The lowest BCUT2D eigenvalue weighted by molar-refractivity contribution is -0.144. The quantitative estimate of drug-likeness (QED) is 0.484. The molecule has 2 saturated heterocycles. The number of rotatable bonds is 6. The molecule has 178 valence electrons. The molecule has 5 heteroatoms. The smallest absolute Gasteiger partial charge is 0.306 e. The van der Waals surface area contributed by atoms with Crippen molar-refractivity contribution in [2.24, 2.45) is 11.8 Å². The fourth-order valence-corrected chi connectivity index (χ4v) is 6.92. The average molecular weight is 470 g/mol. The number of fused-ring (bicyclic) bond motifs is 3. The summed E-state index contributed by atoms with van der Waals surface area (Å²) in [5.41, 5.74) is 1.28. The van der Waals surface area contributed by atoms with Crippen LogP contribution in [0.1, 0.15) is 83.2 Å². The van der Waals surface area contributed by atoms with Crippen LogP contribution in [-0.4, -0.2) is 34.2 Å². The Balaban J connectivity index is 1.41. The second kappa shape index (κ2) is 9.46. The van der Waals surface area contributed by atoms with Gasteiger partial charge in [-0.15, -0.1) is 0 Å². The minimum atomic E-state index is -0.628. The molecule has 2 bridgehead atoms. The van der Waals surface area contributed by atoms with Crippen LogP contribution < -0.4 is 4.74 Å². The summed E-state index contributed by atoms with van der Waals surface area (Å²) < 4.78 is 6.37. The zero-order valence-electron chi connectivity index (χ0n) is 19.8. The second-order valence-electron chi connectivity index (χ2n) is 10.6. The van der Waals surface area contributed by atoms with Gasteiger partial charge in [0, 0.05) is 23.5 Å². The summed E-state index contributed by atoms with van der Waals surface area (Å²) in [6.45, 7) is 4.56. The maximum atomic E-state index is 11.6. The van der Waals surface area contributed by atoms with Gasteiger partial charge in [0.25, 0.3) is 0 Å². The zero-order chi connectivity index (χ0) is 23.1. The Morgan fingerprint density at radius 2 is 1.76 bits per heavy atom. The molecule has 2 aromatic carbocycles. The summed E-state index contributed by atoms with van der Waals surface area (Å²) in [4.78, 5) is 14.2. The van der Waals surface area contributed by atoms with E-state index in [1.807, 2.05) is 6.07 Å². The van der Waals surface area contributed by atoms with Crippen LogP contribution in [0.5, 0.6) is 5.75 Å². The van der Waals surface area contributed by atoms with Gasteiger partial charge in [-0.05, 0) is 86.8 Å². The van der Waals surface area contributed by atoms with Gasteiger partial charge in [-0.1, -0.05) is 43.6 Å². The van der Waals surface area contributed by atoms with Crippen LogP contribution in [0.2, 0.25) is 5.02 Å². The average Bonchev–Trinajstić information content (AvgIpc) is 3.06. The van der Waals surface area contributed by atoms with Gasteiger partial charge >= 0.3 is 5.97 Å². The number of carbonyl (C=O) groups is 1. The van der Waals surface area contributed by atoms with E-state index in [0.29, 0.717) is 18.1 Å². The van der Waals surface area contributed by atoms with Gasteiger partial charge in [0.1, 0.15) is 5.75 Å². The third-order valence-corrected chi connectivity index (χ3v) is 8.86. The van der Waals surface area contributed by atoms with E-state index in [2.05, 4.69) is 43.0 Å². The minimum absolute atomic E-state index is 0.190. The Labute approximate surface area is 202 Å². The number of hydrogen-bond donors (Lipinski definition) is 1. The molecule has 3 aliphatic rings. The second-order valence-corrected chi connectivity index (χ2v) is 11.0. The maximum Gasteiger partial charge on any atom is 0.306 e. The van der Waals surface area contributed by atoms with E-state index in [0.717, 1.165) is 72.4 Å². The number of hydrogen-bond acceptors (Lipinski definition) is 3. The van der Waals surface area contributed by atoms with Crippen molar-refractivity contribution >= 4 is 28.3 Å². The zero-order valence-corrected chi connectivity index (χ0v) is 20.6. The van der Waals surface area contributed by atoms with E-state index in [-0.39, 0.29) is 12.0 Å². The number of halogens is 1. The van der Waals surface area contributed by atoms with E-state index in [9.17, 15) is 9.90 Å². The molecule has 2 heterocycles. The van der Waals surface area contributed by atoms with E-state index in [4.69, 9.17) is 16.3 Å². The van der Waals surface area contributed by atoms with E-state index < -0.39 is 5.97 Å². The van der Waals surface area contributed by atoms with Gasteiger partial charge in [0.2, 0.25) is 0 Å². The van der Waals surface area contributed by atoms with Gasteiger partial charge in [0.05, 0.1) is 17.0 Å². The first-order valence-corrected chi connectivity index (χ1v) is 13.2. The molecule has 4 nitrogen and oxygen atoms in total. The maximum absolute atomic E-state index is 11.6. The third-order valence-electron chi connectivity index (χ3n) is 8.47. The number of benzene rings is 2. The largest absolute Gasteiger partial charge is 0.489 e. The molecule has 3 fully saturated rings. The molecule has 0 spiro atoms. The Morgan fingerprint density at radius 3 is 2.39 bits per heavy atom. The van der Waals surface area contributed by atoms with Gasteiger partial charge in [-0.2, -0.15) is 0 Å². The lowest BCUT2D eigenvalue weighted by atomic mass is 9.87. The molecule has 2 aromatic rings. The van der Waals surface area contributed by atoms with Crippen molar-refractivity contribution in [2.75, 3.05) is 0 Å². The molecular formula is C28H36ClNO3. The van der Waals surface area contributed by atoms with Crippen LogP contribution in [0.25, 0.3) is 10.8 Å². The highest BCUT2D eigenvalue weighted by Gasteiger charge is 2.45. The molecule has 1 N–H and O–H groups in total. The molecule has 0 aromatic heterocycles. The molecule has 0 radical (unpaired) electrons. The Hall–Kier alpha value is -1.78. The Bertz CT molecular complexity index is 1000. The molecule has 3 unspecified atom stereocenters. The fourth-order valence-electron chi connectivity index (χ4n) is 6.65. The predicted molar refractivity (Wildman–Crippen MR) is 133 cm³/mol. The highest BCUT2D eigenvalue weighted by atomic mass is 35.5. The van der Waals surface area contributed by atoms with Crippen molar-refractivity contribution in [1.82, 2.24) is 4.90 Å². The van der Waals surface area contributed by atoms with Gasteiger partial charge in [-0.3, -0.25) is 9.69 Å². The fraction of sp³-hybridized carbons (Fsp3) is 0.607. The van der Waals surface area contributed by atoms with Gasteiger partial charge in [0.15, 0.2) is 0 Å². The Morgan fingerprint density at radius 1 is 1.09 bits per heavy atom. The normalized spacial score (nSPS) is 30.9. The molecule has 1 aliphatic carbocycles. The predicted octanol–water partition coefficient (Wildman–Crippen LogP) is 7.23. The van der Waals surface area contributed by atoms with E-state index in [1.54, 1.807) is 0 Å². The van der Waals surface area contributed by atoms with Crippen LogP contribution in [-0.2, 0) is 4.79 Å². The standard InChI is InChI=1S/C28H36ClNO3/c1-3-25(30-21-9-10-22(30)15-20(14-21)28(31)32)19-7-6-18-8-13-26(27(29)24(18)16-19)33-23-11-4-17(2)5-12-23/h6-8,13,16-17,20-23,25H,3-5,9-12,14-15H2,1-2H3,(H,31,32)/t17-,20?,21?,22?,23+,25?. The lowest BCUT2D eigenvalue weighted by Crippen LogP contribution is -2.46. The van der Waals surface area contributed by atoms with Crippen LogP contribution >= 0.6 is 11.6 Å². The topological polar surface area (TPSA) is 49.8 Å². The number of carboxylic acid groups (broad SMARTS) is 1. The van der Waals surface area contributed by atoms with Crippen LogP contribution in [0.4, 0.5) is 0 Å². The number of nitrogens with zero attached hydrogens (tertiary/aromatic N) is 1. The van der Waals surface area contributed by atoms with E-state index in [1.165, 1.54) is 18.4 Å². The molecule has 5 rings (SSSR count). The number of carboxylic acids is 1.